The first-order chi connectivity index (χ1) is 16.4. The smallest absolute Gasteiger partial charge is 0.255 e. The number of hydrogen-bond donors (Lipinski definition) is 1. The largest absolute Gasteiger partial charge is 0.368 e. The van der Waals surface area contributed by atoms with Gasteiger partial charge in [-0.1, -0.05) is 11.6 Å². The lowest BCUT2D eigenvalue weighted by Crippen LogP contribution is -2.55. The van der Waals surface area contributed by atoms with Crippen LogP contribution in [0, 0.1) is 18.3 Å². The first-order valence-electron chi connectivity index (χ1n) is 11.5. The predicted octanol–water partition coefficient (Wildman–Crippen LogP) is 3.38. The maximum Gasteiger partial charge on any atom is 0.255 e. The van der Waals surface area contributed by atoms with Crippen LogP contribution in [0.3, 0.4) is 0 Å². The van der Waals surface area contributed by atoms with Crippen molar-refractivity contribution in [3.63, 3.8) is 0 Å². The highest BCUT2D eigenvalue weighted by atomic mass is 35.5. The summed E-state index contributed by atoms with van der Waals surface area (Å²) in [4.78, 5) is 33.7. The van der Waals surface area contributed by atoms with Crippen molar-refractivity contribution in [2.45, 2.75) is 45.4 Å². The number of hydrogen-bond acceptors (Lipinski definition) is 6. The van der Waals surface area contributed by atoms with Crippen LogP contribution >= 0.6 is 11.6 Å². The number of piperazine rings is 1. The summed E-state index contributed by atoms with van der Waals surface area (Å²) in [5.41, 5.74) is 3.11. The highest BCUT2D eigenvalue weighted by Gasteiger charge is 2.34. The molecule has 4 rings (SSSR count). The average molecular weight is 482 g/mol. The molecule has 3 heterocycles. The molecular weight excluding hydrogens is 454 g/mol. The number of amides is 2. The molecule has 2 fully saturated rings. The van der Waals surface area contributed by atoms with Crippen LogP contribution in [0.2, 0.25) is 5.02 Å². The minimum absolute atomic E-state index is 0.0881. The Hall–Kier alpha value is -2.99. The molecule has 0 unspecified atom stereocenters. The Kier molecular flexibility index (Phi) is 7.47. The SMILES string of the molecule is Cc1c(CN2CCN(C(=O)[C@H]3CCCO3)[C@@H](C)C2)cc(Cl)cc1NC(=O)c1ccnc(C#N)c1. The Bertz CT molecular complexity index is 1130. The molecule has 0 bridgehead atoms. The number of carbonyl (C=O) groups is 2. The summed E-state index contributed by atoms with van der Waals surface area (Å²) in [6, 6.07) is 8.69. The van der Waals surface area contributed by atoms with E-state index in [2.05, 4.69) is 22.1 Å². The van der Waals surface area contributed by atoms with Gasteiger partial charge in [-0.05, 0) is 62.1 Å². The van der Waals surface area contributed by atoms with Crippen molar-refractivity contribution in [2.24, 2.45) is 0 Å². The molecule has 2 aliphatic rings. The second kappa shape index (κ2) is 10.5. The lowest BCUT2D eigenvalue weighted by atomic mass is 10.0. The number of halogens is 1. The Morgan fingerprint density at radius 1 is 1.32 bits per heavy atom. The van der Waals surface area contributed by atoms with Crippen LogP contribution in [0.5, 0.6) is 0 Å². The van der Waals surface area contributed by atoms with Crippen LogP contribution in [-0.2, 0) is 16.1 Å². The van der Waals surface area contributed by atoms with Crippen LogP contribution in [0.4, 0.5) is 5.69 Å². The van der Waals surface area contributed by atoms with Crippen LogP contribution in [0.25, 0.3) is 0 Å². The van der Waals surface area contributed by atoms with E-state index >= 15 is 0 Å². The maximum absolute atomic E-state index is 12.8. The van der Waals surface area contributed by atoms with Gasteiger partial charge in [0.1, 0.15) is 17.9 Å². The van der Waals surface area contributed by atoms with Crippen molar-refractivity contribution >= 4 is 29.1 Å². The molecule has 2 atom stereocenters. The van der Waals surface area contributed by atoms with E-state index in [-0.39, 0.29) is 29.7 Å². The zero-order valence-corrected chi connectivity index (χ0v) is 20.1. The molecular formula is C25H28ClN5O3. The standard InChI is InChI=1S/C25H28ClN5O3/c1-16-14-30(7-8-31(16)25(33)23-4-3-9-34-23)15-19-10-20(26)12-22(17(19)2)29-24(32)18-5-6-28-21(11-18)13-27/h5-6,10-12,16,23H,3-4,7-9,14-15H2,1-2H3,(H,29,32)/t16-,23+/m0/s1. The summed E-state index contributed by atoms with van der Waals surface area (Å²) >= 11 is 6.39. The number of rotatable bonds is 5. The lowest BCUT2D eigenvalue weighted by molar-refractivity contribution is -0.145. The van der Waals surface area contributed by atoms with Crippen molar-refractivity contribution in [3.8, 4) is 6.07 Å². The lowest BCUT2D eigenvalue weighted by Gasteiger charge is -2.41. The van der Waals surface area contributed by atoms with Crippen LogP contribution in [0.1, 0.15) is 46.9 Å². The molecule has 0 aliphatic carbocycles. The molecule has 0 radical (unpaired) electrons. The van der Waals surface area contributed by atoms with Gasteiger partial charge in [0.2, 0.25) is 0 Å². The fraction of sp³-hybridized carbons (Fsp3) is 0.440. The van der Waals surface area contributed by atoms with Gasteiger partial charge in [0.15, 0.2) is 0 Å². The predicted molar refractivity (Wildman–Crippen MR) is 129 cm³/mol. The normalized spacial score (nSPS) is 20.7. The molecule has 1 N–H and O–H groups in total. The van der Waals surface area contributed by atoms with Crippen LogP contribution < -0.4 is 5.32 Å². The first-order valence-corrected chi connectivity index (χ1v) is 11.8. The van der Waals surface area contributed by atoms with Gasteiger partial charge in [-0.25, -0.2) is 4.98 Å². The highest BCUT2D eigenvalue weighted by molar-refractivity contribution is 6.31. The molecule has 9 heteroatoms. The van der Waals surface area contributed by atoms with Crippen molar-refractivity contribution in [2.75, 3.05) is 31.6 Å². The summed E-state index contributed by atoms with van der Waals surface area (Å²) < 4.78 is 5.58. The zero-order chi connectivity index (χ0) is 24.2. The molecule has 2 saturated heterocycles. The van der Waals surface area contributed by atoms with E-state index in [4.69, 9.17) is 21.6 Å². The third-order valence-electron chi connectivity index (χ3n) is 6.46. The van der Waals surface area contributed by atoms with E-state index in [0.717, 1.165) is 37.1 Å². The van der Waals surface area contributed by atoms with Gasteiger partial charge in [0.25, 0.3) is 11.8 Å². The van der Waals surface area contributed by atoms with Crippen molar-refractivity contribution < 1.29 is 14.3 Å². The molecule has 0 spiro atoms. The van der Waals surface area contributed by atoms with Crippen molar-refractivity contribution in [1.29, 1.82) is 5.26 Å². The Morgan fingerprint density at radius 2 is 2.15 bits per heavy atom. The number of aromatic nitrogens is 1. The van der Waals surface area contributed by atoms with E-state index < -0.39 is 0 Å². The van der Waals surface area contributed by atoms with Crippen molar-refractivity contribution in [1.82, 2.24) is 14.8 Å². The Labute approximate surface area is 204 Å². The number of nitrogens with one attached hydrogen (secondary N) is 1. The third-order valence-corrected chi connectivity index (χ3v) is 6.68. The molecule has 0 saturated carbocycles. The molecule has 2 amide bonds. The summed E-state index contributed by atoms with van der Waals surface area (Å²) in [5, 5.41) is 12.5. The average Bonchev–Trinajstić information content (AvgIpc) is 3.37. The van der Waals surface area contributed by atoms with E-state index in [1.165, 1.54) is 12.3 Å². The molecule has 34 heavy (non-hydrogen) atoms. The van der Waals surface area contributed by atoms with Crippen molar-refractivity contribution in [3.05, 3.63) is 57.9 Å². The molecule has 178 valence electrons. The molecule has 2 aliphatic heterocycles. The van der Waals surface area contributed by atoms with E-state index in [1.807, 2.05) is 24.0 Å². The minimum Gasteiger partial charge on any atom is -0.368 e. The second-order valence-electron chi connectivity index (χ2n) is 8.85. The molecule has 1 aromatic carbocycles. The number of nitrogens with zero attached hydrogens (tertiary/aromatic N) is 4. The van der Waals surface area contributed by atoms with Gasteiger partial charge in [-0.15, -0.1) is 0 Å². The fourth-order valence-corrected chi connectivity index (χ4v) is 4.80. The summed E-state index contributed by atoms with van der Waals surface area (Å²) in [5.74, 6) is -0.227. The molecule has 2 aromatic rings. The quantitative estimate of drug-likeness (QED) is 0.703. The Morgan fingerprint density at radius 3 is 2.85 bits per heavy atom. The number of anilines is 1. The van der Waals surface area contributed by atoms with Gasteiger partial charge in [-0.3, -0.25) is 14.5 Å². The molecule has 1 aromatic heterocycles. The second-order valence-corrected chi connectivity index (χ2v) is 9.29. The van der Waals surface area contributed by atoms with Gasteiger partial charge < -0.3 is 15.0 Å². The summed E-state index contributed by atoms with van der Waals surface area (Å²) in [7, 11) is 0. The fourth-order valence-electron chi connectivity index (χ4n) is 4.56. The van der Waals surface area contributed by atoms with E-state index in [0.29, 0.717) is 36.0 Å². The van der Waals surface area contributed by atoms with Gasteiger partial charge in [0.05, 0.1) is 0 Å². The van der Waals surface area contributed by atoms with E-state index in [9.17, 15) is 9.59 Å². The van der Waals surface area contributed by atoms with Crippen LogP contribution in [0.15, 0.2) is 30.5 Å². The summed E-state index contributed by atoms with van der Waals surface area (Å²) in [6.45, 7) is 7.51. The minimum atomic E-state index is -0.329. The summed E-state index contributed by atoms with van der Waals surface area (Å²) in [6.07, 6.45) is 2.89. The van der Waals surface area contributed by atoms with Gasteiger partial charge >= 0.3 is 0 Å². The molecule has 8 nitrogen and oxygen atoms in total. The topological polar surface area (TPSA) is 98.6 Å². The number of nitriles is 1. The van der Waals surface area contributed by atoms with Crippen LogP contribution in [-0.4, -0.2) is 65.0 Å². The number of ether oxygens (including phenoxy) is 1. The van der Waals surface area contributed by atoms with Gasteiger partial charge in [-0.2, -0.15) is 5.26 Å². The third kappa shape index (κ3) is 5.39. The highest BCUT2D eigenvalue weighted by Crippen LogP contribution is 2.27. The zero-order valence-electron chi connectivity index (χ0n) is 19.4. The van der Waals surface area contributed by atoms with Gasteiger partial charge in [0, 0.05) is 61.3 Å². The maximum atomic E-state index is 12.8. The van der Waals surface area contributed by atoms with E-state index in [1.54, 1.807) is 12.1 Å². The number of carbonyl (C=O) groups excluding carboxylic acids is 2. The monoisotopic (exact) mass is 481 g/mol. The number of benzene rings is 1. The Balaban J connectivity index is 1.43. The first kappa shape index (κ1) is 24.1. The number of pyridine rings is 1.